The van der Waals surface area contributed by atoms with Gasteiger partial charge in [-0.3, -0.25) is 0 Å². The summed E-state index contributed by atoms with van der Waals surface area (Å²) < 4.78 is 13.8. The van der Waals surface area contributed by atoms with Crippen molar-refractivity contribution in [3.8, 4) is 0 Å². The summed E-state index contributed by atoms with van der Waals surface area (Å²) in [4.78, 5) is 4.36. The van der Waals surface area contributed by atoms with Gasteiger partial charge in [-0.15, -0.1) is 29.1 Å². The van der Waals surface area contributed by atoms with Crippen LogP contribution in [0.3, 0.4) is 0 Å². The molecular weight excluding hydrogens is 465 g/mol. The zero-order valence-electron chi connectivity index (χ0n) is 12.7. The van der Waals surface area contributed by atoms with Gasteiger partial charge in [0.1, 0.15) is 5.82 Å². The third-order valence-corrected chi connectivity index (χ3v) is 5.04. The predicted octanol–water partition coefficient (Wildman–Crippen LogP) is 5.12. The first-order valence-electron chi connectivity index (χ1n) is 7.44. The Morgan fingerprint density at radius 2 is 1.83 bits per heavy atom. The van der Waals surface area contributed by atoms with Crippen molar-refractivity contribution in [2.75, 3.05) is 0 Å². The van der Waals surface area contributed by atoms with Crippen molar-refractivity contribution in [3.63, 3.8) is 0 Å². The Labute approximate surface area is 146 Å². The van der Waals surface area contributed by atoms with Crippen LogP contribution in [0.2, 0.25) is 0 Å². The molecule has 0 spiro atoms. The summed E-state index contributed by atoms with van der Waals surface area (Å²) in [5, 5.41) is 5.41. The van der Waals surface area contributed by atoms with Crippen LogP contribution in [-0.4, -0.2) is 4.98 Å². The molecule has 0 atom stereocenters. The summed E-state index contributed by atoms with van der Waals surface area (Å²) in [6.07, 6.45) is 1.29. The molecule has 0 saturated heterocycles. The van der Waals surface area contributed by atoms with Crippen LogP contribution in [-0.2, 0) is 25.5 Å². The van der Waals surface area contributed by atoms with Crippen LogP contribution < -0.4 is 0 Å². The van der Waals surface area contributed by atoms with E-state index in [0.717, 1.165) is 21.7 Å². The van der Waals surface area contributed by atoms with E-state index >= 15 is 0 Å². The molecule has 23 heavy (non-hydrogen) atoms. The Morgan fingerprint density at radius 1 is 1.04 bits per heavy atom. The maximum atomic E-state index is 13.8. The molecular formula is C20H13FIrN-. The summed E-state index contributed by atoms with van der Waals surface area (Å²) in [6.45, 7) is 4.49. The van der Waals surface area contributed by atoms with Crippen molar-refractivity contribution in [1.82, 2.24) is 4.98 Å². The molecule has 1 radical (unpaired) electrons. The maximum Gasteiger partial charge on any atom is 0.140 e. The Bertz CT molecular complexity index is 1110. The predicted molar refractivity (Wildman–Crippen MR) is 87.7 cm³/mol. The van der Waals surface area contributed by atoms with Gasteiger partial charge in [0.25, 0.3) is 0 Å². The van der Waals surface area contributed by atoms with Gasteiger partial charge in [-0.2, -0.15) is 0 Å². The molecule has 0 unspecified atom stereocenters. The number of aromatic nitrogens is 1. The number of hydrogen-bond donors (Lipinski definition) is 0. The van der Waals surface area contributed by atoms with Gasteiger partial charge in [0.15, 0.2) is 0 Å². The van der Waals surface area contributed by atoms with E-state index < -0.39 is 0 Å². The second-order valence-electron chi connectivity index (χ2n) is 6.54. The summed E-state index contributed by atoms with van der Waals surface area (Å²) >= 11 is 0. The van der Waals surface area contributed by atoms with Gasteiger partial charge in [-0.1, -0.05) is 37.4 Å². The van der Waals surface area contributed by atoms with Gasteiger partial charge in [-0.05, 0) is 38.7 Å². The van der Waals surface area contributed by atoms with E-state index in [9.17, 15) is 4.39 Å². The number of halogens is 1. The fraction of sp³-hybridized carbons (Fsp3) is 0.150. The normalized spacial score (nSPS) is 14.7. The van der Waals surface area contributed by atoms with Crippen LogP contribution in [0.5, 0.6) is 0 Å². The third-order valence-electron chi connectivity index (χ3n) is 5.04. The molecule has 0 fully saturated rings. The number of fused-ring (bicyclic) bond motifs is 3. The van der Waals surface area contributed by atoms with Crippen molar-refractivity contribution >= 4 is 32.4 Å². The van der Waals surface area contributed by atoms with E-state index in [2.05, 4.69) is 49.2 Å². The van der Waals surface area contributed by atoms with Gasteiger partial charge in [-0.25, -0.2) is 4.39 Å². The number of rotatable bonds is 0. The number of hydrogen-bond acceptors (Lipinski definition) is 1. The summed E-state index contributed by atoms with van der Waals surface area (Å²) in [6, 6.07) is 15.3. The summed E-state index contributed by atoms with van der Waals surface area (Å²) in [5.41, 5.74) is 3.39. The first-order chi connectivity index (χ1) is 10.6. The minimum absolute atomic E-state index is 0. The minimum atomic E-state index is -0.298. The monoisotopic (exact) mass is 479 g/mol. The molecule has 5 rings (SSSR count). The molecule has 1 aromatic heterocycles. The van der Waals surface area contributed by atoms with Gasteiger partial charge < -0.3 is 4.98 Å². The second kappa shape index (κ2) is 4.59. The van der Waals surface area contributed by atoms with Crippen LogP contribution in [0, 0.1) is 11.9 Å². The van der Waals surface area contributed by atoms with E-state index in [4.69, 9.17) is 0 Å². The van der Waals surface area contributed by atoms with Gasteiger partial charge in [0.2, 0.25) is 0 Å². The molecule has 1 heterocycles. The van der Waals surface area contributed by atoms with Crippen molar-refractivity contribution in [1.29, 1.82) is 0 Å². The number of nitrogens with zero attached hydrogens (tertiary/aromatic N) is 1. The zero-order valence-corrected chi connectivity index (χ0v) is 15.1. The summed E-state index contributed by atoms with van der Waals surface area (Å²) in [7, 11) is 0. The molecule has 4 aromatic rings. The summed E-state index contributed by atoms with van der Waals surface area (Å²) in [5.74, 6) is -0.298. The standard InChI is InChI=1S/C20H13FN.Ir/c1-20(2)15-7-3-5-12-14-9-11(21)10-22-19(14)13-6-4-8-16(20)18(13)17(12)15;/h3-5,7-10H,1-2H3;/q-1;. The number of benzene rings is 3. The molecule has 0 amide bonds. The third kappa shape index (κ3) is 1.67. The molecule has 0 N–H and O–H groups in total. The van der Waals surface area contributed by atoms with E-state index in [1.165, 1.54) is 28.1 Å². The van der Waals surface area contributed by atoms with E-state index in [-0.39, 0.29) is 31.3 Å². The molecule has 0 saturated carbocycles. The topological polar surface area (TPSA) is 12.9 Å². The van der Waals surface area contributed by atoms with Crippen molar-refractivity contribution in [3.05, 3.63) is 65.6 Å². The quantitative estimate of drug-likeness (QED) is 0.253. The maximum absolute atomic E-state index is 13.8. The second-order valence-corrected chi connectivity index (χ2v) is 6.54. The van der Waals surface area contributed by atoms with E-state index in [0.29, 0.717) is 0 Å². The molecule has 1 nitrogen and oxygen atoms in total. The molecule has 0 aliphatic heterocycles. The average Bonchev–Trinajstić information content (AvgIpc) is 2.76. The SMILES string of the molecule is CC1(C)c2cc[c-]c3c4ncc(F)cc4c4cccc1c4c23.[Ir]. The first-order valence-corrected chi connectivity index (χ1v) is 7.44. The average molecular weight is 479 g/mol. The van der Waals surface area contributed by atoms with Gasteiger partial charge >= 0.3 is 0 Å². The van der Waals surface area contributed by atoms with Crippen molar-refractivity contribution < 1.29 is 24.5 Å². The fourth-order valence-corrected chi connectivity index (χ4v) is 4.02. The molecule has 3 heteroatoms. The number of pyridine rings is 1. The van der Waals surface area contributed by atoms with E-state index in [1.807, 2.05) is 6.07 Å². The first kappa shape index (κ1) is 14.7. The smallest absolute Gasteiger partial charge is 0.140 e. The molecule has 1 aliphatic rings. The Kier molecular flexibility index (Phi) is 2.94. The van der Waals surface area contributed by atoms with Crippen LogP contribution in [0.4, 0.5) is 4.39 Å². The van der Waals surface area contributed by atoms with Gasteiger partial charge in [0.05, 0.1) is 6.20 Å². The Morgan fingerprint density at radius 3 is 2.65 bits per heavy atom. The van der Waals surface area contributed by atoms with Crippen LogP contribution >= 0.6 is 0 Å². The van der Waals surface area contributed by atoms with E-state index in [1.54, 1.807) is 6.07 Å². The molecule has 0 bridgehead atoms. The van der Waals surface area contributed by atoms with Gasteiger partial charge in [0, 0.05) is 20.1 Å². The van der Waals surface area contributed by atoms with Crippen molar-refractivity contribution in [2.45, 2.75) is 19.3 Å². The van der Waals surface area contributed by atoms with Crippen LogP contribution in [0.15, 0.2) is 42.6 Å². The fourth-order valence-electron chi connectivity index (χ4n) is 4.02. The zero-order chi connectivity index (χ0) is 15.1. The van der Waals surface area contributed by atoms with Crippen LogP contribution in [0.1, 0.15) is 25.0 Å². The van der Waals surface area contributed by atoms with Crippen LogP contribution in [0.25, 0.3) is 32.4 Å². The van der Waals surface area contributed by atoms with Crippen molar-refractivity contribution in [2.24, 2.45) is 0 Å². The minimum Gasteiger partial charge on any atom is -0.301 e. The molecule has 1 aliphatic carbocycles. The largest absolute Gasteiger partial charge is 0.301 e. The Hall–Kier alpha value is -1.83. The Balaban J connectivity index is 0.00000135. The molecule has 3 aromatic carbocycles. The molecule has 115 valence electrons.